The van der Waals surface area contributed by atoms with Crippen LogP contribution in [0.25, 0.3) is 0 Å². The van der Waals surface area contributed by atoms with E-state index in [9.17, 15) is 9.59 Å². The molecule has 3 N–H and O–H groups in total. The largest absolute Gasteiger partial charge is 0.480 e. The summed E-state index contributed by atoms with van der Waals surface area (Å²) in [5.41, 5.74) is 6.39. The third-order valence-corrected chi connectivity index (χ3v) is 4.55. The summed E-state index contributed by atoms with van der Waals surface area (Å²) in [6.45, 7) is 0. The molecule has 0 radical (unpaired) electrons. The average molecular weight is 279 g/mol. The van der Waals surface area contributed by atoms with E-state index in [1.54, 1.807) is 11.8 Å². The SMILES string of the molecule is NC(Cc1ccc(SC2CCCC2=O)cc1)C(=O)O. The lowest BCUT2D eigenvalue weighted by Crippen LogP contribution is -2.32. The number of carbonyl (C=O) groups is 2. The van der Waals surface area contributed by atoms with Gasteiger partial charge in [0.15, 0.2) is 0 Å². The van der Waals surface area contributed by atoms with Crippen LogP contribution < -0.4 is 5.73 Å². The van der Waals surface area contributed by atoms with Gasteiger partial charge in [0.05, 0.1) is 5.25 Å². The van der Waals surface area contributed by atoms with Gasteiger partial charge in [0, 0.05) is 11.3 Å². The summed E-state index contributed by atoms with van der Waals surface area (Å²) in [6, 6.07) is 6.75. The Morgan fingerprint density at radius 2 is 2.11 bits per heavy atom. The predicted molar refractivity (Wildman–Crippen MR) is 74.3 cm³/mol. The van der Waals surface area contributed by atoms with Gasteiger partial charge in [-0.05, 0) is 37.0 Å². The molecule has 0 amide bonds. The number of rotatable bonds is 5. The molecule has 0 saturated heterocycles. The van der Waals surface area contributed by atoms with Crippen molar-refractivity contribution in [1.82, 2.24) is 0 Å². The fourth-order valence-corrected chi connectivity index (χ4v) is 3.27. The van der Waals surface area contributed by atoms with Crippen LogP contribution in [-0.2, 0) is 16.0 Å². The highest BCUT2D eigenvalue weighted by Gasteiger charge is 2.25. The van der Waals surface area contributed by atoms with E-state index in [1.807, 2.05) is 24.3 Å². The van der Waals surface area contributed by atoms with Crippen molar-refractivity contribution in [1.29, 1.82) is 0 Å². The molecule has 19 heavy (non-hydrogen) atoms. The van der Waals surface area contributed by atoms with Crippen molar-refractivity contribution >= 4 is 23.5 Å². The zero-order chi connectivity index (χ0) is 13.8. The molecule has 1 aromatic rings. The normalized spacial score (nSPS) is 20.5. The lowest BCUT2D eigenvalue weighted by molar-refractivity contribution is -0.138. The van der Waals surface area contributed by atoms with E-state index in [1.165, 1.54) is 0 Å². The molecule has 4 nitrogen and oxygen atoms in total. The number of ketones is 1. The monoisotopic (exact) mass is 279 g/mol. The van der Waals surface area contributed by atoms with Gasteiger partial charge < -0.3 is 10.8 Å². The second kappa shape index (κ2) is 6.21. The maximum atomic E-state index is 11.6. The van der Waals surface area contributed by atoms with Crippen LogP contribution in [0.5, 0.6) is 0 Å². The average Bonchev–Trinajstić information content (AvgIpc) is 2.77. The van der Waals surface area contributed by atoms with Crippen molar-refractivity contribution in [3.05, 3.63) is 29.8 Å². The summed E-state index contributed by atoms with van der Waals surface area (Å²) in [7, 11) is 0. The van der Waals surface area contributed by atoms with Gasteiger partial charge >= 0.3 is 5.97 Å². The number of carboxylic acids is 1. The van der Waals surface area contributed by atoms with Crippen LogP contribution in [0.4, 0.5) is 0 Å². The molecule has 1 aliphatic rings. The standard InChI is InChI=1S/C14H17NO3S/c15-11(14(17)18)8-9-4-6-10(7-5-9)19-13-3-1-2-12(13)16/h4-7,11,13H,1-3,8,15H2,(H,17,18). The van der Waals surface area contributed by atoms with Crippen LogP contribution in [0.15, 0.2) is 29.2 Å². The van der Waals surface area contributed by atoms with Gasteiger partial charge in [-0.15, -0.1) is 11.8 Å². The number of carbonyl (C=O) groups excluding carboxylic acids is 1. The number of benzene rings is 1. The first-order chi connectivity index (χ1) is 9.06. The lowest BCUT2D eigenvalue weighted by Gasteiger charge is -2.09. The Hall–Kier alpha value is -1.33. The van der Waals surface area contributed by atoms with Crippen molar-refractivity contribution in [3.63, 3.8) is 0 Å². The number of hydrogen-bond acceptors (Lipinski definition) is 4. The van der Waals surface area contributed by atoms with Crippen molar-refractivity contribution in [2.75, 3.05) is 0 Å². The van der Waals surface area contributed by atoms with E-state index < -0.39 is 12.0 Å². The zero-order valence-corrected chi connectivity index (χ0v) is 11.4. The molecule has 0 heterocycles. The molecular formula is C14H17NO3S. The van der Waals surface area contributed by atoms with Gasteiger partial charge in [-0.3, -0.25) is 9.59 Å². The van der Waals surface area contributed by atoms with Gasteiger partial charge in [-0.25, -0.2) is 0 Å². The third kappa shape index (κ3) is 3.81. The molecule has 1 fully saturated rings. The smallest absolute Gasteiger partial charge is 0.320 e. The minimum Gasteiger partial charge on any atom is -0.480 e. The van der Waals surface area contributed by atoms with Gasteiger partial charge in [0.25, 0.3) is 0 Å². The van der Waals surface area contributed by atoms with E-state index in [2.05, 4.69) is 0 Å². The number of nitrogens with two attached hydrogens (primary N) is 1. The van der Waals surface area contributed by atoms with Crippen LogP contribution in [-0.4, -0.2) is 28.2 Å². The van der Waals surface area contributed by atoms with E-state index in [4.69, 9.17) is 10.8 Å². The molecule has 0 spiro atoms. The van der Waals surface area contributed by atoms with Crippen molar-refractivity contribution < 1.29 is 14.7 Å². The molecule has 1 aliphatic carbocycles. The Kier molecular flexibility index (Phi) is 4.61. The van der Waals surface area contributed by atoms with Crippen LogP contribution >= 0.6 is 11.8 Å². The van der Waals surface area contributed by atoms with Crippen LogP contribution in [0.3, 0.4) is 0 Å². The van der Waals surface area contributed by atoms with E-state index in [0.717, 1.165) is 23.3 Å². The zero-order valence-electron chi connectivity index (χ0n) is 10.5. The summed E-state index contributed by atoms with van der Waals surface area (Å²) in [5.74, 6) is -0.656. The van der Waals surface area contributed by atoms with Crippen LogP contribution in [0.2, 0.25) is 0 Å². The Morgan fingerprint density at radius 3 is 2.63 bits per heavy atom. The van der Waals surface area contributed by atoms with E-state index >= 15 is 0 Å². The van der Waals surface area contributed by atoms with E-state index in [-0.39, 0.29) is 5.25 Å². The molecule has 102 valence electrons. The number of aliphatic carboxylic acids is 1. The molecule has 2 unspecified atom stereocenters. The first-order valence-electron chi connectivity index (χ1n) is 6.33. The molecular weight excluding hydrogens is 262 g/mol. The molecule has 1 saturated carbocycles. The molecule has 0 aromatic heterocycles. The second-order valence-corrected chi connectivity index (χ2v) is 6.03. The van der Waals surface area contributed by atoms with Crippen LogP contribution in [0.1, 0.15) is 24.8 Å². The summed E-state index contributed by atoms with van der Waals surface area (Å²) in [6.07, 6.45) is 2.96. The predicted octanol–water partition coefficient (Wildman–Crippen LogP) is 1.85. The van der Waals surface area contributed by atoms with Gasteiger partial charge in [0.1, 0.15) is 11.8 Å². The Labute approximate surface area is 116 Å². The van der Waals surface area contributed by atoms with E-state index in [0.29, 0.717) is 18.6 Å². The van der Waals surface area contributed by atoms with Crippen molar-refractivity contribution in [2.45, 2.75) is 41.9 Å². The lowest BCUT2D eigenvalue weighted by atomic mass is 10.1. The molecule has 5 heteroatoms. The van der Waals surface area contributed by atoms with Gasteiger partial charge in [-0.1, -0.05) is 12.1 Å². The number of Topliss-reactive ketones (excluding diaryl/α,β-unsaturated/α-hetero) is 1. The fourth-order valence-electron chi connectivity index (χ4n) is 2.12. The molecule has 0 aliphatic heterocycles. The summed E-state index contributed by atoms with van der Waals surface area (Å²) >= 11 is 1.60. The summed E-state index contributed by atoms with van der Waals surface area (Å²) < 4.78 is 0. The fraction of sp³-hybridized carbons (Fsp3) is 0.429. The van der Waals surface area contributed by atoms with Gasteiger partial charge in [0.2, 0.25) is 0 Å². The molecule has 0 bridgehead atoms. The number of thioether (sulfide) groups is 1. The van der Waals surface area contributed by atoms with Crippen LogP contribution in [0, 0.1) is 0 Å². The topological polar surface area (TPSA) is 80.4 Å². The highest BCUT2D eigenvalue weighted by Crippen LogP contribution is 2.32. The summed E-state index contributed by atoms with van der Waals surface area (Å²) in [5, 5.41) is 8.84. The Balaban J connectivity index is 1.94. The first-order valence-corrected chi connectivity index (χ1v) is 7.21. The maximum Gasteiger partial charge on any atom is 0.320 e. The summed E-state index contributed by atoms with van der Waals surface area (Å²) in [4.78, 5) is 23.3. The Bertz CT molecular complexity index is 472. The highest BCUT2D eigenvalue weighted by atomic mass is 32.2. The minimum absolute atomic E-state index is 0.0899. The molecule has 1 aromatic carbocycles. The van der Waals surface area contributed by atoms with Gasteiger partial charge in [-0.2, -0.15) is 0 Å². The van der Waals surface area contributed by atoms with Crippen molar-refractivity contribution in [3.8, 4) is 0 Å². The molecule has 2 rings (SSSR count). The minimum atomic E-state index is -0.991. The second-order valence-electron chi connectivity index (χ2n) is 4.76. The highest BCUT2D eigenvalue weighted by molar-refractivity contribution is 8.00. The maximum absolute atomic E-state index is 11.6. The van der Waals surface area contributed by atoms with Crippen molar-refractivity contribution in [2.24, 2.45) is 5.73 Å². The quantitative estimate of drug-likeness (QED) is 0.860. The Morgan fingerprint density at radius 1 is 1.42 bits per heavy atom. The molecule has 2 atom stereocenters. The first kappa shape index (κ1) is 14.1. The number of hydrogen-bond donors (Lipinski definition) is 2. The third-order valence-electron chi connectivity index (χ3n) is 3.22. The number of carboxylic acid groups (broad SMARTS) is 1.